The van der Waals surface area contributed by atoms with Crippen LogP contribution in [0.25, 0.3) is 22.3 Å². The monoisotopic (exact) mass is 475 g/mol. The zero-order chi connectivity index (χ0) is 24.4. The van der Waals surface area contributed by atoms with Gasteiger partial charge < -0.3 is 15.5 Å². The van der Waals surface area contributed by atoms with Crippen LogP contribution in [-0.2, 0) is 6.54 Å². The molecule has 1 aliphatic heterocycles. The van der Waals surface area contributed by atoms with E-state index in [2.05, 4.69) is 9.97 Å². The lowest BCUT2D eigenvalue weighted by Gasteiger charge is -2.36. The van der Waals surface area contributed by atoms with Gasteiger partial charge in [0, 0.05) is 31.7 Å². The quantitative estimate of drug-likeness (QED) is 0.448. The van der Waals surface area contributed by atoms with E-state index in [0.717, 1.165) is 5.56 Å². The summed E-state index contributed by atoms with van der Waals surface area (Å²) >= 11 is 0. The van der Waals surface area contributed by atoms with Crippen LogP contribution >= 0.6 is 0 Å². The molecule has 0 saturated carbocycles. The van der Waals surface area contributed by atoms with Gasteiger partial charge in [0.2, 0.25) is 5.95 Å². The molecule has 35 heavy (non-hydrogen) atoms. The number of carbonyl (C=O) groups is 1. The predicted molar refractivity (Wildman–Crippen MR) is 129 cm³/mol. The highest BCUT2D eigenvalue weighted by molar-refractivity contribution is 5.88. The van der Waals surface area contributed by atoms with Crippen molar-refractivity contribution in [2.75, 3.05) is 36.8 Å². The number of pyridine rings is 1. The molecule has 178 valence electrons. The number of nitrogens with two attached hydrogens (primary N) is 1. The van der Waals surface area contributed by atoms with Gasteiger partial charge in [0.15, 0.2) is 5.82 Å². The first kappa shape index (κ1) is 22.5. The van der Waals surface area contributed by atoms with E-state index in [-0.39, 0.29) is 23.4 Å². The lowest BCUT2D eigenvalue weighted by molar-refractivity contribution is 0.0331. The summed E-state index contributed by atoms with van der Waals surface area (Å²) in [5.41, 5.74) is 9.20. The van der Waals surface area contributed by atoms with Crippen molar-refractivity contribution >= 4 is 28.8 Å². The first-order valence-corrected chi connectivity index (χ1v) is 11.2. The molecular formula is C25H23F2N7O. The molecule has 2 aromatic heterocycles. The number of benzene rings is 2. The van der Waals surface area contributed by atoms with Crippen LogP contribution in [0.3, 0.4) is 0 Å². The fourth-order valence-corrected chi connectivity index (χ4v) is 4.09. The third-order valence-corrected chi connectivity index (χ3v) is 5.90. The molecule has 0 aliphatic carbocycles. The van der Waals surface area contributed by atoms with Gasteiger partial charge in [0.25, 0.3) is 0 Å². The summed E-state index contributed by atoms with van der Waals surface area (Å²) in [6.07, 6.45) is 0. The van der Waals surface area contributed by atoms with Crippen LogP contribution in [-0.4, -0.2) is 57.2 Å². The molecule has 0 atom stereocenters. The second kappa shape index (κ2) is 9.49. The number of fused-ring (bicyclic) bond motifs is 1. The van der Waals surface area contributed by atoms with Gasteiger partial charge in [0.05, 0.1) is 17.8 Å². The summed E-state index contributed by atoms with van der Waals surface area (Å²) in [7, 11) is 0. The Hall–Kier alpha value is -4.34. The van der Waals surface area contributed by atoms with E-state index in [1.807, 2.05) is 11.0 Å². The van der Waals surface area contributed by atoms with Crippen molar-refractivity contribution in [1.82, 2.24) is 25.0 Å². The number of aromatic nitrogens is 3. The van der Waals surface area contributed by atoms with Crippen LogP contribution in [0.15, 0.2) is 66.7 Å². The number of urea groups is 1. The van der Waals surface area contributed by atoms with Gasteiger partial charge in [-0.3, -0.25) is 0 Å². The topological polar surface area (TPSA) is 91.5 Å². The summed E-state index contributed by atoms with van der Waals surface area (Å²) in [6, 6.07) is 18.0. The molecule has 2 N–H and O–H groups in total. The highest BCUT2D eigenvalue weighted by Crippen LogP contribution is 2.28. The number of nitrogens with zero attached hydrogens (tertiary/aromatic N) is 6. The van der Waals surface area contributed by atoms with Crippen molar-refractivity contribution in [3.63, 3.8) is 0 Å². The lowest BCUT2D eigenvalue weighted by atomic mass is 10.1. The minimum absolute atomic E-state index is 0.108. The molecule has 2 aromatic carbocycles. The summed E-state index contributed by atoms with van der Waals surface area (Å²) in [5.74, 6) is 0.333. The maximum Gasteiger partial charge on any atom is 0.348 e. The number of halogens is 2. The van der Waals surface area contributed by atoms with Gasteiger partial charge in [-0.05, 0) is 42.0 Å². The Kier molecular flexibility index (Phi) is 6.09. The Morgan fingerprint density at radius 3 is 2.34 bits per heavy atom. The van der Waals surface area contributed by atoms with E-state index in [9.17, 15) is 13.7 Å². The van der Waals surface area contributed by atoms with Crippen molar-refractivity contribution in [2.24, 2.45) is 0 Å². The Morgan fingerprint density at radius 2 is 1.63 bits per heavy atom. The molecule has 0 unspecified atom stereocenters. The largest absolute Gasteiger partial charge is 0.368 e. The van der Waals surface area contributed by atoms with Crippen molar-refractivity contribution < 1.29 is 13.7 Å². The summed E-state index contributed by atoms with van der Waals surface area (Å²) in [4.78, 5) is 29.5. The molecule has 0 radical (unpaired) electrons. The van der Waals surface area contributed by atoms with Gasteiger partial charge >= 0.3 is 6.03 Å². The van der Waals surface area contributed by atoms with E-state index in [1.165, 1.54) is 17.0 Å². The minimum Gasteiger partial charge on any atom is -0.368 e. The van der Waals surface area contributed by atoms with E-state index in [4.69, 9.17) is 10.7 Å². The van der Waals surface area contributed by atoms with Crippen molar-refractivity contribution in [1.29, 1.82) is 0 Å². The molecule has 1 aliphatic rings. The number of anilines is 2. The number of carbonyl (C=O) groups excluding carboxylic acids is 1. The second-order valence-corrected chi connectivity index (χ2v) is 8.24. The molecule has 2 amide bonds. The second-order valence-electron chi connectivity index (χ2n) is 8.24. The van der Waals surface area contributed by atoms with Gasteiger partial charge in [-0.2, -0.15) is 10.1 Å². The van der Waals surface area contributed by atoms with E-state index >= 15 is 0 Å². The Bertz CT molecular complexity index is 1340. The smallest absolute Gasteiger partial charge is 0.348 e. The molecular weight excluding hydrogens is 452 g/mol. The number of amides is 2. The number of hydrogen-bond donors (Lipinski definition) is 1. The molecule has 0 spiro atoms. The zero-order valence-corrected chi connectivity index (χ0v) is 18.8. The zero-order valence-electron chi connectivity index (χ0n) is 18.8. The fraction of sp³-hybridized carbons (Fsp3) is 0.200. The Morgan fingerprint density at radius 1 is 0.914 bits per heavy atom. The molecule has 1 fully saturated rings. The normalized spacial score (nSPS) is 13.8. The number of nitrogen functional groups attached to an aromatic ring is 1. The molecule has 8 nitrogen and oxygen atoms in total. The molecule has 1 saturated heterocycles. The number of hydrogen-bond acceptors (Lipinski definition) is 6. The highest BCUT2D eigenvalue weighted by Gasteiger charge is 2.27. The number of piperazine rings is 1. The molecule has 0 bridgehead atoms. The minimum atomic E-state index is -0.669. The molecule has 5 rings (SSSR count). The Labute approximate surface area is 200 Å². The average molecular weight is 476 g/mol. The van der Waals surface area contributed by atoms with Crippen LogP contribution in [0.4, 0.5) is 25.4 Å². The third kappa shape index (κ3) is 4.81. The fourth-order valence-electron chi connectivity index (χ4n) is 4.09. The Balaban J connectivity index is 1.34. The predicted octanol–water partition coefficient (Wildman–Crippen LogP) is 4.04. The van der Waals surface area contributed by atoms with E-state index < -0.39 is 6.03 Å². The summed E-state index contributed by atoms with van der Waals surface area (Å²) < 4.78 is 27.9. The molecule has 3 heterocycles. The van der Waals surface area contributed by atoms with Gasteiger partial charge in [-0.15, -0.1) is 0 Å². The molecule has 10 heteroatoms. The van der Waals surface area contributed by atoms with E-state index in [1.54, 1.807) is 48.5 Å². The SMILES string of the molecule is Nc1nc(N2CCN(C(=O)N(F)Cc3ccccc3)CC2)c2nc(-c3ccc(F)cc3)ccc2n1. The standard InChI is InChI=1S/C25H23F2N7O/c26-19-8-6-18(7-9-19)20-10-11-21-22(29-20)23(31-24(28)30-21)32-12-14-33(15-13-32)25(35)34(27)16-17-4-2-1-3-5-17/h1-11H,12-16H2,(H2,28,30,31). The van der Waals surface area contributed by atoms with Crippen LogP contribution in [0, 0.1) is 5.82 Å². The maximum atomic E-state index is 14.5. The van der Waals surface area contributed by atoms with Gasteiger partial charge in [-0.25, -0.2) is 19.2 Å². The van der Waals surface area contributed by atoms with Crippen molar-refractivity contribution in [3.05, 3.63) is 78.1 Å². The van der Waals surface area contributed by atoms with Gasteiger partial charge in [-0.1, -0.05) is 34.8 Å². The highest BCUT2D eigenvalue weighted by atomic mass is 19.2. The maximum absolute atomic E-state index is 14.5. The van der Waals surface area contributed by atoms with Crippen molar-refractivity contribution in [2.45, 2.75) is 6.54 Å². The van der Waals surface area contributed by atoms with Gasteiger partial charge in [0.1, 0.15) is 11.3 Å². The molecule has 4 aromatic rings. The average Bonchev–Trinajstić information content (AvgIpc) is 2.88. The van der Waals surface area contributed by atoms with Crippen LogP contribution in [0.5, 0.6) is 0 Å². The summed E-state index contributed by atoms with van der Waals surface area (Å²) in [6.45, 7) is 1.38. The van der Waals surface area contributed by atoms with Crippen LogP contribution in [0.2, 0.25) is 0 Å². The van der Waals surface area contributed by atoms with Crippen molar-refractivity contribution in [3.8, 4) is 11.3 Å². The van der Waals surface area contributed by atoms with E-state index in [0.29, 0.717) is 54.3 Å². The first-order chi connectivity index (χ1) is 17.0. The summed E-state index contributed by atoms with van der Waals surface area (Å²) in [5, 5.41) is 0.236. The van der Waals surface area contributed by atoms with Crippen LogP contribution < -0.4 is 10.6 Å². The first-order valence-electron chi connectivity index (χ1n) is 11.2. The number of rotatable bonds is 4. The third-order valence-electron chi connectivity index (χ3n) is 5.90. The lowest BCUT2D eigenvalue weighted by Crippen LogP contribution is -2.51. The van der Waals surface area contributed by atoms with Crippen LogP contribution in [0.1, 0.15) is 5.56 Å².